The number of rotatable bonds is 0. The molecule has 68 valence electrons. The first-order chi connectivity index (χ1) is 4.73. The van der Waals surface area contributed by atoms with Crippen molar-refractivity contribution >= 4 is 18.4 Å². The maximum atomic E-state index is 9.00. The molecule has 1 aliphatic rings. The molecule has 0 spiro atoms. The van der Waals surface area contributed by atoms with Gasteiger partial charge in [0.2, 0.25) is 0 Å². The smallest absolute Gasteiger partial charge is 0.300 e. The summed E-state index contributed by atoms with van der Waals surface area (Å²) >= 11 is 0. The van der Waals surface area contributed by atoms with Gasteiger partial charge in [-0.3, -0.25) is 4.79 Å². The third kappa shape index (κ3) is 17.7. The number of hydrogen-bond donors (Lipinski definition) is 3. The van der Waals surface area contributed by atoms with Crippen molar-refractivity contribution in [3.05, 3.63) is 0 Å². The molecule has 0 unspecified atom stereocenters. The van der Waals surface area contributed by atoms with Crippen LogP contribution in [0.15, 0.2) is 0 Å². The second-order valence-electron chi connectivity index (χ2n) is 2.02. The minimum absolute atomic E-state index is 0. The molecule has 3 N–H and O–H groups in total. The summed E-state index contributed by atoms with van der Waals surface area (Å²) in [5, 5.41) is 13.9. The Morgan fingerprint density at radius 3 is 1.45 bits per heavy atom. The monoisotopic (exact) mass is 182 g/mol. The zero-order chi connectivity index (χ0) is 7.82. The van der Waals surface area contributed by atoms with Gasteiger partial charge in [-0.15, -0.1) is 12.4 Å². The fourth-order valence-electron chi connectivity index (χ4n) is 0.604. The highest BCUT2D eigenvalue weighted by Gasteiger charge is 1.91. The molecule has 0 radical (unpaired) electrons. The van der Waals surface area contributed by atoms with Crippen LogP contribution in [0.1, 0.15) is 6.92 Å². The molecule has 0 bridgehead atoms. The number of aliphatic carboxylic acids is 1. The van der Waals surface area contributed by atoms with Gasteiger partial charge in [-0.2, -0.15) is 0 Å². The molecule has 1 saturated heterocycles. The van der Waals surface area contributed by atoms with Crippen LogP contribution in [0.25, 0.3) is 0 Å². The Morgan fingerprint density at radius 1 is 1.18 bits per heavy atom. The van der Waals surface area contributed by atoms with E-state index in [2.05, 4.69) is 10.6 Å². The molecular formula is C6H15ClN2O2. The minimum atomic E-state index is -0.833. The maximum Gasteiger partial charge on any atom is 0.300 e. The summed E-state index contributed by atoms with van der Waals surface area (Å²) < 4.78 is 0. The largest absolute Gasteiger partial charge is 0.481 e. The highest BCUT2D eigenvalue weighted by molar-refractivity contribution is 5.85. The Morgan fingerprint density at radius 2 is 1.36 bits per heavy atom. The number of halogens is 1. The number of piperazine rings is 1. The molecule has 1 fully saturated rings. The lowest BCUT2D eigenvalue weighted by atomic mass is 10.4. The molecule has 0 aliphatic carbocycles. The first-order valence-corrected chi connectivity index (χ1v) is 3.34. The summed E-state index contributed by atoms with van der Waals surface area (Å²) in [6, 6.07) is 0. The van der Waals surface area contributed by atoms with Gasteiger partial charge in [0.25, 0.3) is 5.97 Å². The van der Waals surface area contributed by atoms with Crippen molar-refractivity contribution < 1.29 is 9.90 Å². The first-order valence-electron chi connectivity index (χ1n) is 3.34. The Labute approximate surface area is 72.8 Å². The Kier molecular flexibility index (Phi) is 11.7. The first kappa shape index (κ1) is 13.3. The summed E-state index contributed by atoms with van der Waals surface area (Å²) in [6.45, 7) is 5.64. The van der Waals surface area contributed by atoms with E-state index >= 15 is 0 Å². The molecule has 0 saturated carbocycles. The van der Waals surface area contributed by atoms with E-state index < -0.39 is 5.97 Å². The standard InChI is InChI=1S/C4H10N2.C2H4O2.ClH/c1-2-6-4-3-5-1;1-2(3)4;/h5-6H,1-4H2;1H3,(H,3,4);1H. The van der Waals surface area contributed by atoms with Crippen molar-refractivity contribution in [1.82, 2.24) is 10.6 Å². The number of carboxylic acid groups (broad SMARTS) is 1. The van der Waals surface area contributed by atoms with Gasteiger partial charge in [0.1, 0.15) is 0 Å². The third-order valence-electron chi connectivity index (χ3n) is 0.957. The van der Waals surface area contributed by atoms with Gasteiger partial charge in [0.05, 0.1) is 0 Å². The lowest BCUT2D eigenvalue weighted by Crippen LogP contribution is -2.39. The Balaban J connectivity index is 0. The summed E-state index contributed by atoms with van der Waals surface area (Å²) in [7, 11) is 0. The van der Waals surface area contributed by atoms with E-state index in [0.717, 1.165) is 33.1 Å². The van der Waals surface area contributed by atoms with Crippen LogP contribution in [0.5, 0.6) is 0 Å². The molecule has 0 aromatic heterocycles. The van der Waals surface area contributed by atoms with Crippen LogP contribution in [-0.2, 0) is 4.79 Å². The van der Waals surface area contributed by atoms with Crippen molar-refractivity contribution in [2.24, 2.45) is 0 Å². The quantitative estimate of drug-likeness (QED) is 0.481. The SMILES string of the molecule is C1CNCCN1.CC(=O)O.Cl. The zero-order valence-corrected chi connectivity index (χ0v) is 7.41. The molecule has 0 amide bonds. The molecule has 0 aromatic rings. The number of hydrogen-bond acceptors (Lipinski definition) is 3. The van der Waals surface area contributed by atoms with E-state index in [-0.39, 0.29) is 12.4 Å². The molecular weight excluding hydrogens is 168 g/mol. The summed E-state index contributed by atoms with van der Waals surface area (Å²) in [6.07, 6.45) is 0. The van der Waals surface area contributed by atoms with Crippen molar-refractivity contribution in [2.45, 2.75) is 6.92 Å². The summed E-state index contributed by atoms with van der Waals surface area (Å²) in [5.74, 6) is -0.833. The van der Waals surface area contributed by atoms with E-state index in [0.29, 0.717) is 0 Å². The fraction of sp³-hybridized carbons (Fsp3) is 0.833. The van der Waals surface area contributed by atoms with Crippen LogP contribution < -0.4 is 10.6 Å². The lowest BCUT2D eigenvalue weighted by molar-refractivity contribution is -0.134. The highest BCUT2D eigenvalue weighted by Crippen LogP contribution is 1.65. The summed E-state index contributed by atoms with van der Waals surface area (Å²) in [5.41, 5.74) is 0. The molecule has 1 heterocycles. The molecule has 11 heavy (non-hydrogen) atoms. The van der Waals surface area contributed by atoms with E-state index in [4.69, 9.17) is 9.90 Å². The normalized spacial score (nSPS) is 15.4. The van der Waals surface area contributed by atoms with Gasteiger partial charge in [-0.05, 0) is 0 Å². The molecule has 5 heteroatoms. The number of nitrogens with one attached hydrogen (secondary N) is 2. The molecule has 0 aromatic carbocycles. The summed E-state index contributed by atoms with van der Waals surface area (Å²) in [4.78, 5) is 9.00. The van der Waals surface area contributed by atoms with Crippen molar-refractivity contribution in [1.29, 1.82) is 0 Å². The highest BCUT2D eigenvalue weighted by atomic mass is 35.5. The van der Waals surface area contributed by atoms with Crippen LogP contribution in [0.3, 0.4) is 0 Å². The zero-order valence-electron chi connectivity index (χ0n) is 6.59. The topological polar surface area (TPSA) is 61.4 Å². The van der Waals surface area contributed by atoms with E-state index in [1.165, 1.54) is 0 Å². The van der Waals surface area contributed by atoms with Gasteiger partial charge >= 0.3 is 0 Å². The van der Waals surface area contributed by atoms with Gasteiger partial charge in [0.15, 0.2) is 0 Å². The minimum Gasteiger partial charge on any atom is -0.481 e. The van der Waals surface area contributed by atoms with Gasteiger partial charge in [-0.1, -0.05) is 0 Å². The fourth-order valence-corrected chi connectivity index (χ4v) is 0.604. The predicted molar refractivity (Wildman–Crippen MR) is 46.3 cm³/mol. The van der Waals surface area contributed by atoms with Crippen molar-refractivity contribution in [2.75, 3.05) is 26.2 Å². The van der Waals surface area contributed by atoms with Gasteiger partial charge in [-0.25, -0.2) is 0 Å². The van der Waals surface area contributed by atoms with Crippen LogP contribution >= 0.6 is 12.4 Å². The van der Waals surface area contributed by atoms with E-state index in [1.807, 2.05) is 0 Å². The lowest BCUT2D eigenvalue weighted by Gasteiger charge is -2.11. The molecule has 1 rings (SSSR count). The van der Waals surface area contributed by atoms with Crippen molar-refractivity contribution in [3.8, 4) is 0 Å². The number of carboxylic acids is 1. The van der Waals surface area contributed by atoms with Gasteiger partial charge < -0.3 is 15.7 Å². The maximum absolute atomic E-state index is 9.00. The predicted octanol–water partition coefficient (Wildman–Crippen LogP) is -0.308. The molecule has 4 nitrogen and oxygen atoms in total. The van der Waals surface area contributed by atoms with Crippen LogP contribution in [0.2, 0.25) is 0 Å². The van der Waals surface area contributed by atoms with Crippen LogP contribution in [-0.4, -0.2) is 37.3 Å². The Hall–Kier alpha value is -0.320. The Bertz CT molecular complexity index is 81.1. The van der Waals surface area contributed by atoms with Crippen molar-refractivity contribution in [3.63, 3.8) is 0 Å². The second-order valence-corrected chi connectivity index (χ2v) is 2.02. The molecule has 1 aliphatic heterocycles. The van der Waals surface area contributed by atoms with Gasteiger partial charge in [0, 0.05) is 33.1 Å². The average molecular weight is 183 g/mol. The third-order valence-corrected chi connectivity index (χ3v) is 0.957. The number of carbonyl (C=O) groups is 1. The van der Waals surface area contributed by atoms with E-state index in [9.17, 15) is 0 Å². The molecule has 0 atom stereocenters. The average Bonchev–Trinajstić information content (AvgIpc) is 1.90. The van der Waals surface area contributed by atoms with Crippen LogP contribution in [0.4, 0.5) is 0 Å². The van der Waals surface area contributed by atoms with Crippen LogP contribution in [0, 0.1) is 0 Å². The van der Waals surface area contributed by atoms with E-state index in [1.54, 1.807) is 0 Å². The second kappa shape index (κ2) is 9.68.